The van der Waals surface area contributed by atoms with Crippen LogP contribution < -0.4 is 19.9 Å². The van der Waals surface area contributed by atoms with E-state index in [1.807, 2.05) is 26.1 Å². The zero-order valence-electron chi connectivity index (χ0n) is 19.9. The first kappa shape index (κ1) is 23.8. The minimum absolute atomic E-state index is 0.0220. The SMILES string of the molecule is CCOc1cccc(N2C(=O)NC(=O)/C(=C/c3cc4c(cc3Cl)N(C)C(C)(C)CC4C)C2=O)c1. The first-order chi connectivity index (χ1) is 16.0. The molecule has 0 saturated carbocycles. The van der Waals surface area contributed by atoms with Crippen LogP contribution in [-0.2, 0) is 9.59 Å². The third-order valence-corrected chi connectivity index (χ3v) is 6.87. The smallest absolute Gasteiger partial charge is 0.335 e. The van der Waals surface area contributed by atoms with Gasteiger partial charge in [-0.15, -0.1) is 0 Å². The van der Waals surface area contributed by atoms with E-state index in [2.05, 4.69) is 31.0 Å². The Morgan fingerprint density at radius 2 is 1.94 bits per heavy atom. The molecule has 2 heterocycles. The first-order valence-electron chi connectivity index (χ1n) is 11.2. The lowest BCUT2D eigenvalue weighted by molar-refractivity contribution is -0.122. The van der Waals surface area contributed by atoms with Crippen molar-refractivity contribution in [2.45, 2.75) is 45.6 Å². The molecular weight excluding hydrogens is 454 g/mol. The predicted molar refractivity (Wildman–Crippen MR) is 134 cm³/mol. The Balaban J connectivity index is 1.75. The van der Waals surface area contributed by atoms with Crippen molar-refractivity contribution in [3.8, 4) is 5.75 Å². The number of urea groups is 1. The van der Waals surface area contributed by atoms with Gasteiger partial charge in [0.05, 0.1) is 12.3 Å². The van der Waals surface area contributed by atoms with Gasteiger partial charge in [-0.1, -0.05) is 24.6 Å². The number of hydrogen-bond acceptors (Lipinski definition) is 5. The van der Waals surface area contributed by atoms with Gasteiger partial charge in [0.1, 0.15) is 11.3 Å². The molecule has 4 amide bonds. The lowest BCUT2D eigenvalue weighted by Crippen LogP contribution is -2.54. The van der Waals surface area contributed by atoms with E-state index in [1.165, 1.54) is 6.08 Å². The van der Waals surface area contributed by atoms with E-state index in [0.29, 0.717) is 28.6 Å². The van der Waals surface area contributed by atoms with Crippen LogP contribution in [0.2, 0.25) is 5.02 Å². The van der Waals surface area contributed by atoms with Crippen molar-refractivity contribution in [2.75, 3.05) is 23.5 Å². The first-order valence-corrected chi connectivity index (χ1v) is 11.6. The average molecular weight is 482 g/mol. The number of barbiturate groups is 1. The molecule has 0 bridgehead atoms. The minimum Gasteiger partial charge on any atom is -0.494 e. The fourth-order valence-corrected chi connectivity index (χ4v) is 4.85. The maximum absolute atomic E-state index is 13.3. The molecule has 2 aliphatic heterocycles. The Labute approximate surface area is 204 Å². The van der Waals surface area contributed by atoms with E-state index in [1.54, 1.807) is 24.3 Å². The van der Waals surface area contributed by atoms with E-state index in [9.17, 15) is 14.4 Å². The Hall–Kier alpha value is -3.32. The van der Waals surface area contributed by atoms with Crippen molar-refractivity contribution in [1.29, 1.82) is 0 Å². The second kappa shape index (κ2) is 8.80. The summed E-state index contributed by atoms with van der Waals surface area (Å²) in [5, 5.41) is 2.68. The van der Waals surface area contributed by atoms with Gasteiger partial charge >= 0.3 is 6.03 Å². The van der Waals surface area contributed by atoms with Gasteiger partial charge in [-0.05, 0) is 74.6 Å². The van der Waals surface area contributed by atoms with Crippen molar-refractivity contribution in [3.63, 3.8) is 0 Å². The van der Waals surface area contributed by atoms with Gasteiger partial charge in [-0.3, -0.25) is 14.9 Å². The number of amides is 4. The van der Waals surface area contributed by atoms with Crippen molar-refractivity contribution in [2.24, 2.45) is 0 Å². The highest BCUT2D eigenvalue weighted by Crippen LogP contribution is 2.44. The molecule has 7 nitrogen and oxygen atoms in total. The van der Waals surface area contributed by atoms with E-state index in [-0.39, 0.29) is 17.0 Å². The van der Waals surface area contributed by atoms with Gasteiger partial charge in [0, 0.05) is 29.4 Å². The molecule has 4 rings (SSSR count). The maximum atomic E-state index is 13.3. The van der Waals surface area contributed by atoms with Crippen LogP contribution >= 0.6 is 11.6 Å². The highest BCUT2D eigenvalue weighted by atomic mass is 35.5. The van der Waals surface area contributed by atoms with Gasteiger partial charge in [0.2, 0.25) is 0 Å². The highest BCUT2D eigenvalue weighted by Gasteiger charge is 2.38. The molecule has 8 heteroatoms. The number of carbonyl (C=O) groups is 3. The van der Waals surface area contributed by atoms with Gasteiger partial charge in [0.25, 0.3) is 11.8 Å². The second-order valence-electron chi connectivity index (χ2n) is 9.30. The standard InChI is InChI=1S/C26H28ClN3O4/c1-6-34-18-9-7-8-17(12-18)30-24(32)20(23(31)28-25(30)33)11-16-10-19-15(2)14-26(3,4)29(5)22(19)13-21(16)27/h7-13,15H,6,14H2,1-5H3,(H,28,31,33)/b20-11-. The number of nitrogens with one attached hydrogen (secondary N) is 1. The van der Waals surface area contributed by atoms with E-state index >= 15 is 0 Å². The third kappa shape index (κ3) is 4.16. The second-order valence-corrected chi connectivity index (χ2v) is 9.70. The Morgan fingerprint density at radius 3 is 2.65 bits per heavy atom. The molecule has 1 N–H and O–H groups in total. The van der Waals surface area contributed by atoms with Crippen LogP contribution in [0.4, 0.5) is 16.2 Å². The molecule has 178 valence electrons. The van der Waals surface area contributed by atoms with Crippen molar-refractivity contribution < 1.29 is 19.1 Å². The molecule has 0 radical (unpaired) electrons. The predicted octanol–water partition coefficient (Wildman–Crippen LogP) is 5.13. The molecule has 1 saturated heterocycles. The van der Waals surface area contributed by atoms with Crippen molar-refractivity contribution in [3.05, 3.63) is 58.1 Å². The zero-order valence-corrected chi connectivity index (χ0v) is 20.7. The number of ether oxygens (including phenoxy) is 1. The molecule has 2 aromatic rings. The van der Waals surface area contributed by atoms with E-state index in [0.717, 1.165) is 22.6 Å². The fraction of sp³-hybridized carbons (Fsp3) is 0.346. The number of anilines is 2. The summed E-state index contributed by atoms with van der Waals surface area (Å²) >= 11 is 6.61. The number of imide groups is 2. The molecular formula is C26H28ClN3O4. The van der Waals surface area contributed by atoms with Crippen molar-refractivity contribution in [1.82, 2.24) is 5.32 Å². The van der Waals surface area contributed by atoms with Gasteiger partial charge < -0.3 is 9.64 Å². The number of benzene rings is 2. The Morgan fingerprint density at radius 1 is 1.21 bits per heavy atom. The third-order valence-electron chi connectivity index (χ3n) is 6.54. The largest absolute Gasteiger partial charge is 0.494 e. The summed E-state index contributed by atoms with van der Waals surface area (Å²) in [6.45, 7) is 8.81. The molecule has 0 spiro atoms. The summed E-state index contributed by atoms with van der Waals surface area (Å²) in [5.74, 6) is -0.692. The molecule has 1 atom stereocenters. The summed E-state index contributed by atoms with van der Waals surface area (Å²) < 4.78 is 5.48. The average Bonchev–Trinajstić information content (AvgIpc) is 2.76. The number of nitrogens with zero attached hydrogens (tertiary/aromatic N) is 2. The van der Waals surface area contributed by atoms with E-state index < -0.39 is 17.8 Å². The van der Waals surface area contributed by atoms with Crippen LogP contribution in [0.3, 0.4) is 0 Å². The fourth-order valence-electron chi connectivity index (χ4n) is 4.64. The summed E-state index contributed by atoms with van der Waals surface area (Å²) in [4.78, 5) is 41.6. The topological polar surface area (TPSA) is 79.0 Å². The number of halogens is 1. The summed E-state index contributed by atoms with van der Waals surface area (Å²) in [6.07, 6.45) is 2.41. The zero-order chi connectivity index (χ0) is 24.8. The highest BCUT2D eigenvalue weighted by molar-refractivity contribution is 6.40. The lowest BCUT2D eigenvalue weighted by atomic mass is 9.80. The summed E-state index contributed by atoms with van der Waals surface area (Å²) in [7, 11) is 2.04. The minimum atomic E-state index is -0.810. The number of carbonyl (C=O) groups excluding carboxylic acids is 3. The summed E-state index contributed by atoms with van der Waals surface area (Å²) in [6, 6.07) is 9.60. The molecule has 1 fully saturated rings. The summed E-state index contributed by atoms with van der Waals surface area (Å²) in [5.41, 5.74) is 2.79. The quantitative estimate of drug-likeness (QED) is 0.484. The molecule has 34 heavy (non-hydrogen) atoms. The Bertz CT molecular complexity index is 1220. The molecule has 0 aliphatic carbocycles. The van der Waals surface area contributed by atoms with Crippen LogP contribution in [0.15, 0.2) is 42.0 Å². The molecule has 2 aromatic carbocycles. The molecule has 1 unspecified atom stereocenters. The van der Waals surface area contributed by atoms with Crippen LogP contribution in [0, 0.1) is 0 Å². The molecule has 0 aromatic heterocycles. The van der Waals surface area contributed by atoms with Crippen LogP contribution in [0.1, 0.15) is 51.2 Å². The van der Waals surface area contributed by atoms with Crippen LogP contribution in [-0.4, -0.2) is 37.0 Å². The Kier molecular flexibility index (Phi) is 6.16. The number of rotatable bonds is 4. The van der Waals surface area contributed by atoms with Crippen LogP contribution in [0.25, 0.3) is 6.08 Å². The number of fused-ring (bicyclic) bond motifs is 1. The van der Waals surface area contributed by atoms with Gasteiger partial charge in [0.15, 0.2) is 0 Å². The van der Waals surface area contributed by atoms with Crippen molar-refractivity contribution >= 4 is 46.9 Å². The molecule has 2 aliphatic rings. The van der Waals surface area contributed by atoms with Gasteiger partial charge in [-0.2, -0.15) is 0 Å². The van der Waals surface area contributed by atoms with Crippen LogP contribution in [0.5, 0.6) is 5.75 Å². The maximum Gasteiger partial charge on any atom is 0.335 e. The van der Waals surface area contributed by atoms with Gasteiger partial charge in [-0.25, -0.2) is 9.69 Å². The van der Waals surface area contributed by atoms with E-state index in [4.69, 9.17) is 16.3 Å². The lowest BCUT2D eigenvalue weighted by Gasteiger charge is -2.45. The normalized spacial score (nSPS) is 20.9. The monoisotopic (exact) mass is 481 g/mol. The number of hydrogen-bond donors (Lipinski definition) is 1.